The van der Waals surface area contributed by atoms with E-state index in [4.69, 9.17) is 26.2 Å². The van der Waals surface area contributed by atoms with E-state index in [-0.39, 0.29) is 19.6 Å². The minimum absolute atomic E-state index is 0.145. The molecule has 2 aliphatic heterocycles. The summed E-state index contributed by atoms with van der Waals surface area (Å²) in [6.07, 6.45) is -0.613. The zero-order valence-electron chi connectivity index (χ0n) is 10.2. The van der Waals surface area contributed by atoms with E-state index in [0.29, 0.717) is 5.70 Å². The molecule has 0 aromatic carbocycles. The molecule has 2 heterocycles. The molecule has 0 amide bonds. The number of ether oxygens (including phenoxy) is 2. The summed E-state index contributed by atoms with van der Waals surface area (Å²) < 4.78 is 10.3. The molecule has 0 aromatic heterocycles. The number of nitrogens with two attached hydrogens (primary N) is 2. The molecule has 4 atom stereocenters. The molecule has 4 unspecified atom stereocenters. The zero-order chi connectivity index (χ0) is 13.8. The van der Waals surface area contributed by atoms with E-state index in [1.54, 1.807) is 6.92 Å². The van der Waals surface area contributed by atoms with E-state index in [2.05, 4.69) is 5.43 Å². The standard InChI is InChI=1S/C7H12O5.C3H9N3/c8-2-7-3-11-5(12-7)1-4(9)6(7)10;1-3(4)2-6-5/h4-6,8-10H,1-3H2;2,6H,4-5H2,1H3/b;3-2-. The van der Waals surface area contributed by atoms with Crippen LogP contribution in [0, 0.1) is 0 Å². The number of allylic oxidation sites excluding steroid dienone is 1. The Balaban J connectivity index is 0.000000232. The predicted molar refractivity (Wildman–Crippen MR) is 62.5 cm³/mol. The van der Waals surface area contributed by atoms with Crippen molar-refractivity contribution in [3.63, 3.8) is 0 Å². The van der Waals surface area contributed by atoms with Crippen LogP contribution < -0.4 is 17.0 Å². The Hall–Kier alpha value is -0.900. The Bertz CT molecular complexity index is 297. The Morgan fingerprint density at radius 2 is 2.22 bits per heavy atom. The van der Waals surface area contributed by atoms with Gasteiger partial charge in [0.05, 0.1) is 19.3 Å². The van der Waals surface area contributed by atoms with Gasteiger partial charge >= 0.3 is 0 Å². The molecule has 106 valence electrons. The lowest BCUT2D eigenvalue weighted by molar-refractivity contribution is -0.219. The molecule has 0 spiro atoms. The number of hydrogen-bond donors (Lipinski definition) is 6. The van der Waals surface area contributed by atoms with Crippen molar-refractivity contribution < 1.29 is 24.8 Å². The van der Waals surface area contributed by atoms with Gasteiger partial charge in [-0.25, -0.2) is 0 Å². The number of aliphatic hydroxyl groups is 3. The van der Waals surface area contributed by atoms with Crippen LogP contribution in [0.2, 0.25) is 0 Å². The average molecular weight is 263 g/mol. The van der Waals surface area contributed by atoms with Gasteiger partial charge < -0.3 is 36.0 Å². The van der Waals surface area contributed by atoms with Crippen molar-refractivity contribution in [2.45, 2.75) is 37.4 Å². The topological polar surface area (TPSA) is 143 Å². The Kier molecular flexibility index (Phi) is 5.32. The third-order valence-electron chi connectivity index (χ3n) is 2.80. The van der Waals surface area contributed by atoms with E-state index in [1.165, 1.54) is 6.20 Å². The molecule has 0 radical (unpaired) electrons. The van der Waals surface area contributed by atoms with Crippen LogP contribution >= 0.6 is 0 Å². The second-order valence-electron chi connectivity index (χ2n) is 4.38. The molecule has 2 bridgehead atoms. The first kappa shape index (κ1) is 15.2. The van der Waals surface area contributed by atoms with Gasteiger partial charge in [-0.1, -0.05) is 0 Å². The molecule has 2 fully saturated rings. The number of fused-ring (bicyclic) bond motifs is 2. The molecule has 8 N–H and O–H groups in total. The fraction of sp³-hybridized carbons (Fsp3) is 0.800. The predicted octanol–water partition coefficient (Wildman–Crippen LogP) is -2.51. The van der Waals surface area contributed by atoms with Crippen molar-refractivity contribution in [1.29, 1.82) is 0 Å². The molecule has 0 saturated carbocycles. The SMILES string of the molecule is C/C(N)=C/NN.OCC12COC(CC(O)C1O)O2. The maximum Gasteiger partial charge on any atom is 0.161 e. The van der Waals surface area contributed by atoms with Crippen LogP contribution in [0.3, 0.4) is 0 Å². The Morgan fingerprint density at radius 3 is 2.67 bits per heavy atom. The third kappa shape index (κ3) is 3.31. The molecular formula is C10H21N3O5. The quantitative estimate of drug-likeness (QED) is 0.237. The second-order valence-corrected chi connectivity index (χ2v) is 4.38. The fourth-order valence-corrected chi connectivity index (χ4v) is 1.82. The number of hydrogen-bond acceptors (Lipinski definition) is 8. The molecule has 8 nitrogen and oxygen atoms in total. The highest BCUT2D eigenvalue weighted by Crippen LogP contribution is 2.35. The van der Waals surface area contributed by atoms with Crippen LogP contribution in [0.1, 0.15) is 13.3 Å². The lowest BCUT2D eigenvalue weighted by atomic mass is 9.91. The summed E-state index contributed by atoms with van der Waals surface area (Å²) in [6.45, 7) is 1.56. The molecule has 0 aromatic rings. The van der Waals surface area contributed by atoms with Crippen molar-refractivity contribution in [2.75, 3.05) is 13.2 Å². The van der Waals surface area contributed by atoms with Gasteiger partial charge in [0, 0.05) is 18.3 Å². The monoisotopic (exact) mass is 263 g/mol. The van der Waals surface area contributed by atoms with Gasteiger partial charge in [-0.15, -0.1) is 0 Å². The van der Waals surface area contributed by atoms with Crippen molar-refractivity contribution in [2.24, 2.45) is 11.6 Å². The van der Waals surface area contributed by atoms with E-state index in [1.807, 2.05) is 0 Å². The summed E-state index contributed by atoms with van der Waals surface area (Å²) in [5, 5.41) is 27.8. The van der Waals surface area contributed by atoms with Gasteiger partial charge in [-0.2, -0.15) is 0 Å². The van der Waals surface area contributed by atoms with Gasteiger partial charge in [0.1, 0.15) is 11.7 Å². The molecule has 2 aliphatic rings. The first-order chi connectivity index (χ1) is 8.45. The van der Waals surface area contributed by atoms with Crippen LogP contribution in [0.25, 0.3) is 0 Å². The second kappa shape index (κ2) is 6.32. The van der Waals surface area contributed by atoms with Crippen LogP contribution in [0.4, 0.5) is 0 Å². The van der Waals surface area contributed by atoms with Crippen molar-refractivity contribution in [3.8, 4) is 0 Å². The summed E-state index contributed by atoms with van der Waals surface area (Å²) in [6, 6.07) is 0. The van der Waals surface area contributed by atoms with Crippen LogP contribution in [-0.2, 0) is 9.47 Å². The lowest BCUT2D eigenvalue weighted by Crippen LogP contribution is -2.56. The zero-order valence-corrected chi connectivity index (χ0v) is 10.2. The summed E-state index contributed by atoms with van der Waals surface area (Å²) in [7, 11) is 0. The molecule has 0 aliphatic carbocycles. The molecular weight excluding hydrogens is 242 g/mol. The first-order valence-corrected chi connectivity index (χ1v) is 5.60. The van der Waals surface area contributed by atoms with Crippen molar-refractivity contribution in [1.82, 2.24) is 5.43 Å². The fourth-order valence-electron chi connectivity index (χ4n) is 1.82. The maximum atomic E-state index is 9.50. The Morgan fingerprint density at radius 1 is 1.56 bits per heavy atom. The number of rotatable bonds is 2. The summed E-state index contributed by atoms with van der Waals surface area (Å²) >= 11 is 0. The van der Waals surface area contributed by atoms with E-state index in [0.717, 1.165) is 0 Å². The lowest BCUT2D eigenvalue weighted by Gasteiger charge is -2.37. The third-order valence-corrected chi connectivity index (χ3v) is 2.80. The number of aliphatic hydroxyl groups excluding tert-OH is 3. The highest BCUT2D eigenvalue weighted by atomic mass is 16.7. The number of nitrogens with one attached hydrogen (secondary N) is 1. The van der Waals surface area contributed by atoms with Crippen molar-refractivity contribution in [3.05, 3.63) is 11.9 Å². The normalized spacial score (nSPS) is 38.9. The minimum Gasteiger partial charge on any atom is -0.401 e. The Labute approximate surface area is 105 Å². The smallest absolute Gasteiger partial charge is 0.161 e. The number of hydrazine groups is 1. The first-order valence-electron chi connectivity index (χ1n) is 5.60. The van der Waals surface area contributed by atoms with E-state index >= 15 is 0 Å². The van der Waals surface area contributed by atoms with Crippen LogP contribution in [0.15, 0.2) is 11.9 Å². The van der Waals surface area contributed by atoms with Gasteiger partial charge in [-0.05, 0) is 6.92 Å². The molecule has 18 heavy (non-hydrogen) atoms. The summed E-state index contributed by atoms with van der Waals surface area (Å²) in [5.41, 5.74) is 6.98. The van der Waals surface area contributed by atoms with Crippen LogP contribution in [0.5, 0.6) is 0 Å². The van der Waals surface area contributed by atoms with Gasteiger partial charge in [0.2, 0.25) is 0 Å². The van der Waals surface area contributed by atoms with Gasteiger partial charge in [-0.3, -0.25) is 5.84 Å². The molecule has 2 saturated heterocycles. The summed E-state index contributed by atoms with van der Waals surface area (Å²) in [5.74, 6) is 4.82. The maximum absolute atomic E-state index is 9.50. The van der Waals surface area contributed by atoms with Gasteiger partial charge in [0.15, 0.2) is 6.29 Å². The van der Waals surface area contributed by atoms with Crippen LogP contribution in [-0.4, -0.2) is 52.6 Å². The largest absolute Gasteiger partial charge is 0.401 e. The minimum atomic E-state index is -1.09. The highest BCUT2D eigenvalue weighted by molar-refractivity contribution is 4.99. The van der Waals surface area contributed by atoms with E-state index < -0.39 is 24.1 Å². The average Bonchev–Trinajstić information content (AvgIpc) is 2.68. The van der Waals surface area contributed by atoms with E-state index in [9.17, 15) is 10.2 Å². The van der Waals surface area contributed by atoms with Crippen molar-refractivity contribution >= 4 is 0 Å². The van der Waals surface area contributed by atoms with Gasteiger partial charge in [0.25, 0.3) is 0 Å². The molecule has 2 rings (SSSR count). The molecule has 8 heteroatoms. The highest BCUT2D eigenvalue weighted by Gasteiger charge is 2.54. The summed E-state index contributed by atoms with van der Waals surface area (Å²) in [4.78, 5) is 0.